The molecule has 108 valence electrons. The number of nitro groups is 1. The normalized spacial score (nSPS) is 10.2. The summed E-state index contributed by atoms with van der Waals surface area (Å²) in [4.78, 5) is 21.9. The zero-order valence-corrected chi connectivity index (χ0v) is 12.0. The Morgan fingerprint density at radius 1 is 1.14 bits per heavy atom. The number of nitrogens with zero attached hydrogens (tertiary/aromatic N) is 1. The molecule has 5 nitrogen and oxygen atoms in total. The fourth-order valence-corrected chi connectivity index (χ4v) is 1.95. The molecule has 2 aromatic carbocycles. The Labute approximate surface area is 122 Å². The van der Waals surface area contributed by atoms with Crippen molar-refractivity contribution in [2.24, 2.45) is 0 Å². The highest BCUT2D eigenvalue weighted by Gasteiger charge is 2.16. The molecule has 0 N–H and O–H groups in total. The largest absolute Gasteiger partial charge is 0.456 e. The molecule has 0 atom stereocenters. The average Bonchev–Trinajstić information content (AvgIpc) is 2.43. The Morgan fingerprint density at radius 2 is 1.86 bits per heavy atom. The summed E-state index contributed by atoms with van der Waals surface area (Å²) in [7, 11) is 0. The van der Waals surface area contributed by atoms with E-state index in [1.807, 2.05) is 26.0 Å². The third-order valence-corrected chi connectivity index (χ3v) is 3.33. The average molecular weight is 285 g/mol. The molecular weight excluding hydrogens is 270 g/mol. The predicted molar refractivity (Wildman–Crippen MR) is 79.1 cm³/mol. The molecule has 0 saturated carbocycles. The van der Waals surface area contributed by atoms with Gasteiger partial charge < -0.3 is 4.74 Å². The lowest BCUT2D eigenvalue weighted by atomic mass is 10.1. The van der Waals surface area contributed by atoms with Gasteiger partial charge in [-0.25, -0.2) is 0 Å². The summed E-state index contributed by atoms with van der Waals surface area (Å²) < 4.78 is 5.77. The Kier molecular flexibility index (Phi) is 4.03. The Bertz CT molecular complexity index is 722. The first kappa shape index (κ1) is 14.7. The van der Waals surface area contributed by atoms with Crippen molar-refractivity contribution in [3.05, 3.63) is 63.2 Å². The number of carbonyl (C=O) groups is 1. The number of benzene rings is 2. The first-order valence-corrected chi connectivity index (χ1v) is 6.43. The van der Waals surface area contributed by atoms with Gasteiger partial charge in [-0.2, -0.15) is 0 Å². The maximum Gasteiger partial charge on any atom is 0.270 e. The van der Waals surface area contributed by atoms with Gasteiger partial charge in [0.25, 0.3) is 5.69 Å². The number of ketones is 1. The van der Waals surface area contributed by atoms with E-state index in [9.17, 15) is 14.9 Å². The highest BCUT2D eigenvalue weighted by molar-refractivity contribution is 5.97. The minimum absolute atomic E-state index is 0.131. The molecule has 0 amide bonds. The SMILES string of the molecule is CC(=O)c1cc([N+](=O)[O-])ccc1Oc1cccc(C)c1C. The quantitative estimate of drug-likeness (QED) is 0.479. The summed E-state index contributed by atoms with van der Waals surface area (Å²) in [5.41, 5.74) is 2.10. The number of ether oxygens (including phenoxy) is 1. The Hall–Kier alpha value is -2.69. The second kappa shape index (κ2) is 5.75. The molecule has 0 radical (unpaired) electrons. The van der Waals surface area contributed by atoms with Gasteiger partial charge in [-0.05, 0) is 44.0 Å². The van der Waals surface area contributed by atoms with Crippen LogP contribution in [0.3, 0.4) is 0 Å². The number of Topliss-reactive ketones (excluding diaryl/α,β-unsaturated/α-hetero) is 1. The van der Waals surface area contributed by atoms with Crippen molar-refractivity contribution >= 4 is 11.5 Å². The summed E-state index contributed by atoms with van der Waals surface area (Å²) >= 11 is 0. The molecule has 2 rings (SSSR count). The van der Waals surface area contributed by atoms with E-state index in [4.69, 9.17) is 4.74 Å². The molecular formula is C16H15NO4. The van der Waals surface area contributed by atoms with E-state index in [1.165, 1.54) is 25.1 Å². The van der Waals surface area contributed by atoms with Crippen molar-refractivity contribution < 1.29 is 14.5 Å². The van der Waals surface area contributed by atoms with Crippen LogP contribution >= 0.6 is 0 Å². The minimum Gasteiger partial charge on any atom is -0.456 e. The topological polar surface area (TPSA) is 69.4 Å². The lowest BCUT2D eigenvalue weighted by Gasteiger charge is -2.12. The van der Waals surface area contributed by atoms with E-state index in [2.05, 4.69) is 0 Å². The second-order valence-electron chi connectivity index (χ2n) is 4.79. The van der Waals surface area contributed by atoms with Gasteiger partial charge in [-0.15, -0.1) is 0 Å². The van der Waals surface area contributed by atoms with Crippen LogP contribution < -0.4 is 4.74 Å². The van der Waals surface area contributed by atoms with E-state index >= 15 is 0 Å². The van der Waals surface area contributed by atoms with Gasteiger partial charge in [-0.1, -0.05) is 12.1 Å². The van der Waals surface area contributed by atoms with Gasteiger partial charge in [0.1, 0.15) is 11.5 Å². The van der Waals surface area contributed by atoms with Gasteiger partial charge in [0.05, 0.1) is 10.5 Å². The van der Waals surface area contributed by atoms with Gasteiger partial charge in [0.2, 0.25) is 0 Å². The number of aryl methyl sites for hydroxylation is 1. The summed E-state index contributed by atoms with van der Waals surface area (Å²) in [5, 5.41) is 10.8. The lowest BCUT2D eigenvalue weighted by Crippen LogP contribution is -2.00. The zero-order chi connectivity index (χ0) is 15.6. The second-order valence-corrected chi connectivity index (χ2v) is 4.79. The number of hydrogen-bond donors (Lipinski definition) is 0. The Morgan fingerprint density at radius 3 is 2.48 bits per heavy atom. The van der Waals surface area contributed by atoms with Crippen molar-refractivity contribution in [1.29, 1.82) is 0 Å². The van der Waals surface area contributed by atoms with Crippen LogP contribution in [0.1, 0.15) is 28.4 Å². The summed E-state index contributed by atoms with van der Waals surface area (Å²) in [6.45, 7) is 5.24. The maximum atomic E-state index is 11.7. The van der Waals surface area contributed by atoms with Crippen molar-refractivity contribution in [2.45, 2.75) is 20.8 Å². The summed E-state index contributed by atoms with van der Waals surface area (Å²) in [6, 6.07) is 9.64. The molecule has 0 spiro atoms. The third kappa shape index (κ3) is 3.08. The van der Waals surface area contributed by atoms with Crippen molar-refractivity contribution in [2.75, 3.05) is 0 Å². The van der Waals surface area contributed by atoms with Gasteiger partial charge in [0.15, 0.2) is 5.78 Å². The van der Waals surface area contributed by atoms with Crippen LogP contribution in [0, 0.1) is 24.0 Å². The molecule has 0 aliphatic heterocycles. The van der Waals surface area contributed by atoms with Gasteiger partial charge in [0, 0.05) is 12.1 Å². The van der Waals surface area contributed by atoms with Crippen LogP contribution in [0.25, 0.3) is 0 Å². The van der Waals surface area contributed by atoms with Crippen LogP contribution in [0.15, 0.2) is 36.4 Å². The molecule has 0 bridgehead atoms. The third-order valence-electron chi connectivity index (χ3n) is 3.33. The maximum absolute atomic E-state index is 11.7. The fourth-order valence-electron chi connectivity index (χ4n) is 1.95. The molecule has 2 aromatic rings. The molecule has 0 aliphatic carbocycles. The molecule has 0 unspecified atom stereocenters. The molecule has 0 aliphatic rings. The zero-order valence-electron chi connectivity index (χ0n) is 12.0. The van der Waals surface area contributed by atoms with Gasteiger partial charge >= 0.3 is 0 Å². The standard InChI is InChI=1S/C16H15NO4/c1-10-5-4-6-15(11(10)2)21-16-8-7-13(17(19)20)9-14(16)12(3)18/h4-9H,1-3H3. The smallest absolute Gasteiger partial charge is 0.270 e. The molecule has 0 saturated heterocycles. The highest BCUT2D eigenvalue weighted by Crippen LogP contribution is 2.31. The van der Waals surface area contributed by atoms with E-state index in [0.29, 0.717) is 11.5 Å². The molecule has 5 heteroatoms. The first-order chi connectivity index (χ1) is 9.90. The highest BCUT2D eigenvalue weighted by atomic mass is 16.6. The molecule has 21 heavy (non-hydrogen) atoms. The van der Waals surface area contributed by atoms with Crippen LogP contribution in [-0.2, 0) is 0 Å². The van der Waals surface area contributed by atoms with E-state index < -0.39 is 4.92 Å². The Balaban J connectivity index is 2.46. The monoisotopic (exact) mass is 285 g/mol. The van der Waals surface area contributed by atoms with Crippen molar-refractivity contribution in [3.8, 4) is 11.5 Å². The van der Waals surface area contributed by atoms with Crippen LogP contribution in [-0.4, -0.2) is 10.7 Å². The summed E-state index contributed by atoms with van der Waals surface area (Å²) in [5.74, 6) is 0.673. The lowest BCUT2D eigenvalue weighted by molar-refractivity contribution is -0.384. The number of nitro benzene ring substituents is 1. The van der Waals surface area contributed by atoms with E-state index in [0.717, 1.165) is 11.1 Å². The number of rotatable bonds is 4. The van der Waals surface area contributed by atoms with Crippen molar-refractivity contribution in [3.63, 3.8) is 0 Å². The molecule has 0 heterocycles. The van der Waals surface area contributed by atoms with Gasteiger partial charge in [-0.3, -0.25) is 14.9 Å². The molecule has 0 aromatic heterocycles. The minimum atomic E-state index is -0.534. The number of hydrogen-bond acceptors (Lipinski definition) is 4. The fraction of sp³-hybridized carbons (Fsp3) is 0.188. The number of non-ortho nitro benzene ring substituents is 1. The summed E-state index contributed by atoms with van der Waals surface area (Å²) in [6.07, 6.45) is 0. The first-order valence-electron chi connectivity index (χ1n) is 6.43. The van der Waals surface area contributed by atoms with E-state index in [-0.39, 0.29) is 17.0 Å². The van der Waals surface area contributed by atoms with Crippen molar-refractivity contribution in [1.82, 2.24) is 0 Å². The van der Waals surface area contributed by atoms with Crippen LogP contribution in [0.5, 0.6) is 11.5 Å². The molecule has 0 fully saturated rings. The van der Waals surface area contributed by atoms with Crippen LogP contribution in [0.2, 0.25) is 0 Å². The predicted octanol–water partition coefficient (Wildman–Crippen LogP) is 4.21. The van der Waals surface area contributed by atoms with E-state index in [1.54, 1.807) is 6.07 Å². The van der Waals surface area contributed by atoms with Crippen LogP contribution in [0.4, 0.5) is 5.69 Å². The number of carbonyl (C=O) groups excluding carboxylic acids is 1.